The van der Waals surface area contributed by atoms with Crippen molar-refractivity contribution in [3.05, 3.63) is 12.2 Å². The van der Waals surface area contributed by atoms with Gasteiger partial charge in [-0.2, -0.15) is 0 Å². The van der Waals surface area contributed by atoms with Crippen LogP contribution in [0.1, 0.15) is 27.2 Å². The second kappa shape index (κ2) is 5.15. The number of carbonyl (C=O) groups is 1. The Morgan fingerprint density at radius 3 is 2.93 bits per heavy atom. The Morgan fingerprint density at radius 2 is 2.36 bits per heavy atom. The van der Waals surface area contributed by atoms with Crippen LogP contribution in [-0.4, -0.2) is 36.1 Å². The van der Waals surface area contributed by atoms with Gasteiger partial charge in [0.2, 0.25) is 5.91 Å². The highest BCUT2D eigenvalue weighted by Gasteiger charge is 2.27. The number of rotatable bonds is 2. The van der Waals surface area contributed by atoms with Crippen LogP contribution in [0.5, 0.6) is 0 Å². The van der Waals surface area contributed by atoms with Crippen molar-refractivity contribution >= 4 is 5.91 Å². The molecule has 0 aromatic rings. The fraction of sp³-hybridized carbons (Fsp3) is 0.727. The van der Waals surface area contributed by atoms with E-state index >= 15 is 0 Å². The van der Waals surface area contributed by atoms with Gasteiger partial charge in [-0.15, -0.1) is 0 Å². The number of ether oxygens (including phenoxy) is 1. The molecule has 0 aromatic carbocycles. The van der Waals surface area contributed by atoms with Crippen LogP contribution in [0.2, 0.25) is 0 Å². The van der Waals surface area contributed by atoms with Gasteiger partial charge >= 0.3 is 0 Å². The smallest absolute Gasteiger partial charge is 0.246 e. The van der Waals surface area contributed by atoms with Gasteiger partial charge in [-0.3, -0.25) is 4.79 Å². The Hall–Kier alpha value is -0.830. The highest BCUT2D eigenvalue weighted by atomic mass is 16.5. The summed E-state index contributed by atoms with van der Waals surface area (Å²) in [5, 5.41) is 0. The number of nitrogens with zero attached hydrogens (tertiary/aromatic N) is 1. The topological polar surface area (TPSA) is 29.5 Å². The third-order valence-corrected chi connectivity index (χ3v) is 2.53. The minimum Gasteiger partial charge on any atom is -0.375 e. The van der Waals surface area contributed by atoms with E-state index in [0.717, 1.165) is 6.42 Å². The molecule has 0 N–H and O–H groups in total. The lowest BCUT2D eigenvalue weighted by molar-refractivity contribution is -0.139. The lowest BCUT2D eigenvalue weighted by atomic mass is 10.1. The van der Waals surface area contributed by atoms with Crippen molar-refractivity contribution in [3.63, 3.8) is 0 Å². The summed E-state index contributed by atoms with van der Waals surface area (Å²) in [6.07, 6.45) is 4.53. The highest BCUT2D eigenvalue weighted by molar-refractivity contribution is 5.87. The van der Waals surface area contributed by atoms with Crippen LogP contribution in [0.15, 0.2) is 12.2 Å². The summed E-state index contributed by atoms with van der Waals surface area (Å²) in [5.41, 5.74) is 0. The largest absolute Gasteiger partial charge is 0.375 e. The molecule has 2 unspecified atom stereocenters. The Labute approximate surface area is 85.7 Å². The molecule has 0 spiro atoms. The van der Waals surface area contributed by atoms with E-state index in [-0.39, 0.29) is 18.1 Å². The van der Waals surface area contributed by atoms with Crippen molar-refractivity contribution in [1.29, 1.82) is 0 Å². The molecular formula is C11H19NO2. The zero-order valence-electron chi connectivity index (χ0n) is 9.19. The molecule has 2 atom stereocenters. The average Bonchev–Trinajstić information content (AvgIpc) is 2.18. The van der Waals surface area contributed by atoms with E-state index in [0.29, 0.717) is 13.2 Å². The SMILES string of the molecule is C/C=C/C(=O)N1CC(C)OCC1CC. The third kappa shape index (κ3) is 2.58. The van der Waals surface area contributed by atoms with Gasteiger partial charge in [0.15, 0.2) is 0 Å². The molecule has 0 radical (unpaired) electrons. The molecule has 1 fully saturated rings. The minimum atomic E-state index is 0.106. The monoisotopic (exact) mass is 197 g/mol. The molecule has 0 aliphatic carbocycles. The van der Waals surface area contributed by atoms with Crippen molar-refractivity contribution in [2.24, 2.45) is 0 Å². The molecule has 1 rings (SSSR count). The molecule has 80 valence electrons. The first-order chi connectivity index (χ1) is 6.69. The zero-order valence-corrected chi connectivity index (χ0v) is 9.19. The lowest BCUT2D eigenvalue weighted by Crippen LogP contribution is -2.50. The Morgan fingerprint density at radius 1 is 1.64 bits per heavy atom. The second-order valence-electron chi connectivity index (χ2n) is 3.70. The second-order valence-corrected chi connectivity index (χ2v) is 3.70. The maximum atomic E-state index is 11.7. The van der Waals surface area contributed by atoms with Crippen molar-refractivity contribution in [1.82, 2.24) is 4.90 Å². The van der Waals surface area contributed by atoms with Gasteiger partial charge in [-0.05, 0) is 26.3 Å². The van der Waals surface area contributed by atoms with Gasteiger partial charge in [0.05, 0.1) is 18.8 Å². The van der Waals surface area contributed by atoms with Gasteiger partial charge in [-0.25, -0.2) is 0 Å². The summed E-state index contributed by atoms with van der Waals surface area (Å²) in [5.74, 6) is 0.106. The number of carbonyl (C=O) groups excluding carboxylic acids is 1. The van der Waals surface area contributed by atoms with Crippen molar-refractivity contribution in [2.45, 2.75) is 39.3 Å². The number of hydrogen-bond acceptors (Lipinski definition) is 2. The summed E-state index contributed by atoms with van der Waals surface area (Å²) in [6, 6.07) is 0.245. The van der Waals surface area contributed by atoms with Crippen LogP contribution < -0.4 is 0 Å². The first-order valence-electron chi connectivity index (χ1n) is 5.24. The first-order valence-corrected chi connectivity index (χ1v) is 5.24. The molecule has 3 heteroatoms. The molecule has 1 heterocycles. The van der Waals surface area contributed by atoms with E-state index in [1.165, 1.54) is 0 Å². The molecule has 0 aromatic heterocycles. The summed E-state index contributed by atoms with van der Waals surface area (Å²) in [7, 11) is 0. The van der Waals surface area contributed by atoms with Gasteiger partial charge in [0.25, 0.3) is 0 Å². The zero-order chi connectivity index (χ0) is 10.6. The molecule has 1 amide bonds. The fourth-order valence-electron chi connectivity index (χ4n) is 1.69. The van der Waals surface area contributed by atoms with Crippen LogP contribution in [-0.2, 0) is 9.53 Å². The number of morpholine rings is 1. The van der Waals surface area contributed by atoms with E-state index in [1.54, 1.807) is 12.2 Å². The normalized spacial score (nSPS) is 28.4. The maximum absolute atomic E-state index is 11.7. The Balaban J connectivity index is 2.65. The van der Waals surface area contributed by atoms with E-state index in [1.807, 2.05) is 18.7 Å². The van der Waals surface area contributed by atoms with Crippen LogP contribution in [0.3, 0.4) is 0 Å². The molecule has 1 saturated heterocycles. The predicted molar refractivity (Wildman–Crippen MR) is 56.0 cm³/mol. The van der Waals surface area contributed by atoms with E-state index in [9.17, 15) is 4.79 Å². The van der Waals surface area contributed by atoms with Crippen LogP contribution in [0.25, 0.3) is 0 Å². The maximum Gasteiger partial charge on any atom is 0.246 e. The van der Waals surface area contributed by atoms with E-state index in [4.69, 9.17) is 4.74 Å². The van der Waals surface area contributed by atoms with Crippen molar-refractivity contribution in [2.75, 3.05) is 13.2 Å². The lowest BCUT2D eigenvalue weighted by Gasteiger charge is -2.37. The van der Waals surface area contributed by atoms with Gasteiger partial charge in [0, 0.05) is 6.54 Å². The molecule has 1 aliphatic rings. The van der Waals surface area contributed by atoms with E-state index in [2.05, 4.69) is 6.92 Å². The molecule has 14 heavy (non-hydrogen) atoms. The number of allylic oxidation sites excluding steroid dienone is 1. The third-order valence-electron chi connectivity index (χ3n) is 2.53. The Kier molecular flexibility index (Phi) is 4.14. The number of amides is 1. The molecule has 0 bridgehead atoms. The van der Waals surface area contributed by atoms with Gasteiger partial charge < -0.3 is 9.64 Å². The predicted octanol–water partition coefficient (Wildman–Crippen LogP) is 1.59. The summed E-state index contributed by atoms with van der Waals surface area (Å²) >= 11 is 0. The average molecular weight is 197 g/mol. The fourth-order valence-corrected chi connectivity index (χ4v) is 1.69. The van der Waals surface area contributed by atoms with Gasteiger partial charge in [0.1, 0.15) is 0 Å². The first kappa shape index (κ1) is 11.2. The van der Waals surface area contributed by atoms with Crippen LogP contribution in [0, 0.1) is 0 Å². The molecular weight excluding hydrogens is 178 g/mol. The van der Waals surface area contributed by atoms with Crippen LogP contribution in [0.4, 0.5) is 0 Å². The summed E-state index contributed by atoms with van der Waals surface area (Å²) in [4.78, 5) is 13.6. The highest BCUT2D eigenvalue weighted by Crippen LogP contribution is 2.14. The quantitative estimate of drug-likeness (QED) is 0.629. The van der Waals surface area contributed by atoms with Crippen LogP contribution >= 0.6 is 0 Å². The standard InChI is InChI=1S/C11H19NO2/c1-4-6-11(13)12-7-9(3)14-8-10(12)5-2/h4,6,9-10H,5,7-8H2,1-3H3/b6-4+. The van der Waals surface area contributed by atoms with Crippen molar-refractivity contribution in [3.8, 4) is 0 Å². The minimum absolute atomic E-state index is 0.106. The summed E-state index contributed by atoms with van der Waals surface area (Å²) in [6.45, 7) is 7.33. The van der Waals surface area contributed by atoms with Crippen molar-refractivity contribution < 1.29 is 9.53 Å². The summed E-state index contributed by atoms with van der Waals surface area (Å²) < 4.78 is 5.52. The molecule has 1 aliphatic heterocycles. The van der Waals surface area contributed by atoms with E-state index < -0.39 is 0 Å². The van der Waals surface area contributed by atoms with Gasteiger partial charge in [-0.1, -0.05) is 13.0 Å². The number of hydrogen-bond donors (Lipinski definition) is 0. The molecule has 3 nitrogen and oxygen atoms in total. The Bertz CT molecular complexity index is 225. The molecule has 0 saturated carbocycles.